The minimum absolute atomic E-state index is 0.120. The van der Waals surface area contributed by atoms with Crippen LogP contribution in [0.4, 0.5) is 4.39 Å². The Bertz CT molecular complexity index is 527. The second kappa shape index (κ2) is 5.45. The number of hydrogen-bond acceptors (Lipinski definition) is 2. The molecule has 2 atom stereocenters. The van der Waals surface area contributed by atoms with Crippen molar-refractivity contribution in [2.45, 2.75) is 32.2 Å². The van der Waals surface area contributed by atoms with E-state index in [1.165, 1.54) is 6.07 Å². The van der Waals surface area contributed by atoms with Gasteiger partial charge in [0, 0.05) is 29.0 Å². The third kappa shape index (κ3) is 3.04. The first kappa shape index (κ1) is 15.4. The second-order valence-corrected chi connectivity index (χ2v) is 7.21. The van der Waals surface area contributed by atoms with Crippen LogP contribution in [-0.2, 0) is 4.79 Å². The zero-order chi connectivity index (χ0) is 15.1. The lowest BCUT2D eigenvalue weighted by atomic mass is 9.89. The van der Waals surface area contributed by atoms with Gasteiger partial charge >= 0.3 is 5.97 Å². The molecule has 1 aliphatic heterocycles. The van der Waals surface area contributed by atoms with Crippen LogP contribution in [0.5, 0.6) is 0 Å². The number of rotatable bonds is 2. The van der Waals surface area contributed by atoms with E-state index < -0.39 is 11.9 Å². The monoisotopic (exact) mass is 343 g/mol. The lowest BCUT2D eigenvalue weighted by Gasteiger charge is -2.31. The van der Waals surface area contributed by atoms with Crippen molar-refractivity contribution in [3.63, 3.8) is 0 Å². The molecule has 110 valence electrons. The molecule has 2 rings (SSSR count). The molecule has 0 unspecified atom stereocenters. The fourth-order valence-corrected chi connectivity index (χ4v) is 3.09. The predicted octanol–water partition coefficient (Wildman–Crippen LogP) is 3.49. The SMILES string of the molecule is CC(C)(C)N1C[C@@H](C(=O)O)[C@H](c2cc(Br)ccc2F)C1. The molecule has 5 heteroatoms. The summed E-state index contributed by atoms with van der Waals surface area (Å²) >= 11 is 3.33. The molecule has 0 aromatic heterocycles. The molecule has 1 aromatic rings. The van der Waals surface area contributed by atoms with Crippen LogP contribution in [0.25, 0.3) is 0 Å². The second-order valence-electron chi connectivity index (χ2n) is 6.29. The molecule has 0 aliphatic carbocycles. The lowest BCUT2D eigenvalue weighted by Crippen LogP contribution is -2.40. The minimum atomic E-state index is -0.860. The Labute approximate surface area is 126 Å². The molecule has 0 saturated carbocycles. The van der Waals surface area contributed by atoms with Crippen LogP contribution >= 0.6 is 15.9 Å². The molecule has 0 spiro atoms. The summed E-state index contributed by atoms with van der Waals surface area (Å²) in [6, 6.07) is 4.71. The van der Waals surface area contributed by atoms with E-state index in [2.05, 4.69) is 20.8 Å². The van der Waals surface area contributed by atoms with E-state index in [0.717, 1.165) is 4.47 Å². The van der Waals surface area contributed by atoms with E-state index >= 15 is 0 Å². The number of likely N-dealkylation sites (tertiary alicyclic amines) is 1. The molecule has 0 amide bonds. The van der Waals surface area contributed by atoms with Gasteiger partial charge in [0.05, 0.1) is 5.92 Å². The van der Waals surface area contributed by atoms with Crippen molar-refractivity contribution in [1.82, 2.24) is 4.90 Å². The van der Waals surface area contributed by atoms with E-state index in [-0.39, 0.29) is 17.3 Å². The molecule has 1 aromatic carbocycles. The maximum Gasteiger partial charge on any atom is 0.308 e. The van der Waals surface area contributed by atoms with Gasteiger partial charge in [-0.05, 0) is 44.5 Å². The van der Waals surface area contributed by atoms with Crippen LogP contribution in [0, 0.1) is 11.7 Å². The third-order valence-electron chi connectivity index (χ3n) is 3.94. The van der Waals surface area contributed by atoms with Crippen molar-refractivity contribution in [1.29, 1.82) is 0 Å². The number of aliphatic carboxylic acids is 1. The lowest BCUT2D eigenvalue weighted by molar-refractivity contribution is -0.141. The van der Waals surface area contributed by atoms with Crippen LogP contribution in [0.2, 0.25) is 0 Å². The smallest absolute Gasteiger partial charge is 0.308 e. The van der Waals surface area contributed by atoms with E-state index in [4.69, 9.17) is 0 Å². The summed E-state index contributed by atoms with van der Waals surface area (Å²) < 4.78 is 14.8. The first-order valence-electron chi connectivity index (χ1n) is 6.63. The summed E-state index contributed by atoms with van der Waals surface area (Å²) in [5.41, 5.74) is 0.365. The number of halogens is 2. The molecule has 0 radical (unpaired) electrons. The van der Waals surface area contributed by atoms with Crippen molar-refractivity contribution in [3.05, 3.63) is 34.1 Å². The quantitative estimate of drug-likeness (QED) is 0.893. The van der Waals surface area contributed by atoms with Gasteiger partial charge in [0.15, 0.2) is 0 Å². The highest BCUT2D eigenvalue weighted by atomic mass is 79.9. The number of hydrogen-bond donors (Lipinski definition) is 1. The Balaban J connectivity index is 2.38. The Morgan fingerprint density at radius 3 is 2.60 bits per heavy atom. The van der Waals surface area contributed by atoms with Gasteiger partial charge in [-0.1, -0.05) is 15.9 Å². The molecule has 1 saturated heterocycles. The Morgan fingerprint density at radius 2 is 2.05 bits per heavy atom. The van der Waals surface area contributed by atoms with Crippen LogP contribution in [0.15, 0.2) is 22.7 Å². The molecule has 3 nitrogen and oxygen atoms in total. The molecule has 1 N–H and O–H groups in total. The predicted molar refractivity (Wildman–Crippen MR) is 79.3 cm³/mol. The zero-order valence-corrected chi connectivity index (χ0v) is 13.4. The maximum atomic E-state index is 14.0. The number of benzene rings is 1. The Hall–Kier alpha value is -0.940. The fraction of sp³-hybridized carbons (Fsp3) is 0.533. The first-order chi connectivity index (χ1) is 9.20. The summed E-state index contributed by atoms with van der Waals surface area (Å²) in [6.07, 6.45) is 0. The number of carboxylic acid groups (broad SMARTS) is 1. The summed E-state index contributed by atoms with van der Waals surface area (Å²) in [4.78, 5) is 13.6. The summed E-state index contributed by atoms with van der Waals surface area (Å²) in [5.74, 6) is -2.08. The van der Waals surface area contributed by atoms with Gasteiger partial charge in [-0.2, -0.15) is 0 Å². The van der Waals surface area contributed by atoms with Crippen molar-refractivity contribution >= 4 is 21.9 Å². The van der Waals surface area contributed by atoms with Gasteiger partial charge in [-0.15, -0.1) is 0 Å². The standard InChI is InChI=1S/C15H19BrFNO2/c1-15(2,3)18-7-11(12(8-18)14(19)20)10-6-9(16)4-5-13(10)17/h4-6,11-12H,7-8H2,1-3H3,(H,19,20)/t11-,12+/m0/s1. The van der Waals surface area contributed by atoms with E-state index in [1.807, 2.05) is 20.8 Å². The third-order valence-corrected chi connectivity index (χ3v) is 4.44. The fourth-order valence-electron chi connectivity index (χ4n) is 2.72. The van der Waals surface area contributed by atoms with Gasteiger partial charge in [0.2, 0.25) is 0 Å². The molecule has 20 heavy (non-hydrogen) atoms. The van der Waals surface area contributed by atoms with Crippen LogP contribution in [-0.4, -0.2) is 34.6 Å². The zero-order valence-electron chi connectivity index (χ0n) is 11.9. The van der Waals surface area contributed by atoms with E-state index in [1.54, 1.807) is 12.1 Å². The Kier molecular flexibility index (Phi) is 4.21. The molecular weight excluding hydrogens is 325 g/mol. The molecule has 0 bridgehead atoms. The van der Waals surface area contributed by atoms with Gasteiger partial charge in [-0.3, -0.25) is 9.69 Å². The average Bonchev–Trinajstić information content (AvgIpc) is 2.77. The summed E-state index contributed by atoms with van der Waals surface area (Å²) in [5, 5.41) is 9.43. The van der Waals surface area contributed by atoms with Crippen molar-refractivity contribution < 1.29 is 14.3 Å². The van der Waals surface area contributed by atoms with Crippen LogP contribution in [0.3, 0.4) is 0 Å². The minimum Gasteiger partial charge on any atom is -0.481 e. The van der Waals surface area contributed by atoms with Gasteiger partial charge in [0.1, 0.15) is 5.82 Å². The van der Waals surface area contributed by atoms with E-state index in [0.29, 0.717) is 18.7 Å². The van der Waals surface area contributed by atoms with Gasteiger partial charge < -0.3 is 5.11 Å². The molecule has 1 fully saturated rings. The highest BCUT2D eigenvalue weighted by Crippen LogP contribution is 2.38. The van der Waals surface area contributed by atoms with E-state index in [9.17, 15) is 14.3 Å². The molecule has 1 aliphatic rings. The highest BCUT2D eigenvalue weighted by Gasteiger charge is 2.42. The topological polar surface area (TPSA) is 40.5 Å². The van der Waals surface area contributed by atoms with Crippen molar-refractivity contribution in [2.75, 3.05) is 13.1 Å². The van der Waals surface area contributed by atoms with Crippen molar-refractivity contribution in [2.24, 2.45) is 5.92 Å². The van der Waals surface area contributed by atoms with Gasteiger partial charge in [-0.25, -0.2) is 4.39 Å². The summed E-state index contributed by atoms with van der Waals surface area (Å²) in [6.45, 7) is 7.16. The van der Waals surface area contributed by atoms with Gasteiger partial charge in [0.25, 0.3) is 0 Å². The average molecular weight is 344 g/mol. The normalized spacial score (nSPS) is 24.1. The highest BCUT2D eigenvalue weighted by molar-refractivity contribution is 9.10. The van der Waals surface area contributed by atoms with Crippen LogP contribution < -0.4 is 0 Å². The summed E-state index contributed by atoms with van der Waals surface area (Å²) in [7, 11) is 0. The first-order valence-corrected chi connectivity index (χ1v) is 7.42. The number of carboxylic acids is 1. The Morgan fingerprint density at radius 1 is 1.40 bits per heavy atom. The largest absolute Gasteiger partial charge is 0.481 e. The number of carbonyl (C=O) groups is 1. The molecule has 1 heterocycles. The van der Waals surface area contributed by atoms with Crippen molar-refractivity contribution in [3.8, 4) is 0 Å². The maximum absolute atomic E-state index is 14.0. The van der Waals surface area contributed by atoms with Crippen LogP contribution in [0.1, 0.15) is 32.3 Å². The molecular formula is C15H19BrFNO2. The number of nitrogens with zero attached hydrogens (tertiary/aromatic N) is 1.